The van der Waals surface area contributed by atoms with E-state index in [0.717, 1.165) is 25.8 Å². The first kappa shape index (κ1) is 12.5. The van der Waals surface area contributed by atoms with E-state index in [1.54, 1.807) is 0 Å². The number of aliphatic hydroxyl groups is 1. The van der Waals surface area contributed by atoms with Crippen LogP contribution >= 0.6 is 0 Å². The molecule has 0 spiro atoms. The number of unbranched alkanes of at least 4 members (excludes halogenated alkanes) is 1. The summed E-state index contributed by atoms with van der Waals surface area (Å²) < 4.78 is 0. The van der Waals surface area contributed by atoms with Gasteiger partial charge >= 0.3 is 0 Å². The van der Waals surface area contributed by atoms with E-state index in [1.165, 1.54) is 0 Å². The summed E-state index contributed by atoms with van der Waals surface area (Å²) in [4.78, 5) is 0. The van der Waals surface area contributed by atoms with Crippen molar-refractivity contribution in [3.8, 4) is 12.3 Å². The zero-order valence-electron chi connectivity index (χ0n) is 8.71. The highest BCUT2D eigenvalue weighted by Crippen LogP contribution is 2.02. The highest BCUT2D eigenvalue weighted by Gasteiger charge is 2.05. The SMILES string of the molecule is C#CCCCNCC(O)CC(C)C. The number of hydrogen-bond acceptors (Lipinski definition) is 2. The molecule has 76 valence electrons. The molecule has 0 heterocycles. The normalized spacial score (nSPS) is 12.8. The Kier molecular flexibility index (Phi) is 7.77. The fourth-order valence-corrected chi connectivity index (χ4v) is 1.21. The lowest BCUT2D eigenvalue weighted by molar-refractivity contribution is 0.146. The van der Waals surface area contributed by atoms with E-state index in [4.69, 9.17) is 6.42 Å². The molecular weight excluding hydrogens is 162 g/mol. The molecule has 0 bridgehead atoms. The smallest absolute Gasteiger partial charge is 0.0667 e. The van der Waals surface area contributed by atoms with Gasteiger partial charge in [-0.3, -0.25) is 0 Å². The summed E-state index contributed by atoms with van der Waals surface area (Å²) in [6.45, 7) is 5.81. The van der Waals surface area contributed by atoms with Crippen LogP contribution in [0.15, 0.2) is 0 Å². The van der Waals surface area contributed by atoms with Crippen LogP contribution in [0.5, 0.6) is 0 Å². The van der Waals surface area contributed by atoms with Gasteiger partial charge in [0, 0.05) is 13.0 Å². The number of rotatable bonds is 7. The zero-order valence-corrected chi connectivity index (χ0v) is 8.71. The van der Waals surface area contributed by atoms with Crippen LogP contribution in [0, 0.1) is 18.3 Å². The predicted molar refractivity (Wildman–Crippen MR) is 56.4 cm³/mol. The molecule has 1 atom stereocenters. The summed E-state index contributed by atoms with van der Waals surface area (Å²) in [5.41, 5.74) is 0. The molecule has 0 aliphatic carbocycles. The summed E-state index contributed by atoms with van der Waals surface area (Å²) in [5.74, 6) is 3.14. The lowest BCUT2D eigenvalue weighted by Gasteiger charge is -2.13. The first-order chi connectivity index (χ1) is 6.16. The first-order valence-corrected chi connectivity index (χ1v) is 4.99. The molecule has 2 nitrogen and oxygen atoms in total. The van der Waals surface area contributed by atoms with Crippen molar-refractivity contribution in [3.05, 3.63) is 0 Å². The Morgan fingerprint density at radius 2 is 2.15 bits per heavy atom. The Labute approximate surface area is 81.7 Å². The monoisotopic (exact) mass is 183 g/mol. The van der Waals surface area contributed by atoms with Gasteiger partial charge in [0.1, 0.15) is 0 Å². The molecule has 0 saturated carbocycles. The molecule has 0 radical (unpaired) electrons. The summed E-state index contributed by atoms with van der Waals surface area (Å²) in [7, 11) is 0. The topological polar surface area (TPSA) is 32.3 Å². The van der Waals surface area contributed by atoms with Crippen molar-refractivity contribution < 1.29 is 5.11 Å². The van der Waals surface area contributed by atoms with Gasteiger partial charge in [0.25, 0.3) is 0 Å². The maximum absolute atomic E-state index is 9.47. The van der Waals surface area contributed by atoms with Gasteiger partial charge in [0.2, 0.25) is 0 Å². The summed E-state index contributed by atoms with van der Waals surface area (Å²) in [5, 5.41) is 12.7. The third-order valence-corrected chi connectivity index (χ3v) is 1.80. The summed E-state index contributed by atoms with van der Waals surface area (Å²) >= 11 is 0. The minimum absolute atomic E-state index is 0.217. The molecule has 2 heteroatoms. The molecule has 0 rings (SSSR count). The molecule has 1 unspecified atom stereocenters. The van der Waals surface area contributed by atoms with Gasteiger partial charge in [0.05, 0.1) is 6.10 Å². The molecule has 0 saturated heterocycles. The third-order valence-electron chi connectivity index (χ3n) is 1.80. The van der Waals surface area contributed by atoms with Gasteiger partial charge in [0.15, 0.2) is 0 Å². The predicted octanol–water partition coefficient (Wildman–Crippen LogP) is 1.40. The van der Waals surface area contributed by atoms with Crippen molar-refractivity contribution in [2.24, 2.45) is 5.92 Å². The maximum atomic E-state index is 9.47. The van der Waals surface area contributed by atoms with E-state index in [0.29, 0.717) is 12.5 Å². The number of hydrogen-bond donors (Lipinski definition) is 2. The third kappa shape index (κ3) is 9.39. The molecular formula is C11H21NO. The van der Waals surface area contributed by atoms with Crippen molar-refractivity contribution in [1.82, 2.24) is 5.32 Å². The largest absolute Gasteiger partial charge is 0.392 e. The fourth-order valence-electron chi connectivity index (χ4n) is 1.21. The van der Waals surface area contributed by atoms with E-state index in [9.17, 15) is 5.11 Å². The van der Waals surface area contributed by atoms with Gasteiger partial charge in [-0.1, -0.05) is 13.8 Å². The Hall–Kier alpha value is -0.520. The van der Waals surface area contributed by atoms with E-state index in [2.05, 4.69) is 25.1 Å². The average Bonchev–Trinajstić information content (AvgIpc) is 2.02. The summed E-state index contributed by atoms with van der Waals surface area (Å²) in [6.07, 6.45) is 7.56. The van der Waals surface area contributed by atoms with Crippen LogP contribution in [0.25, 0.3) is 0 Å². The molecule has 0 amide bonds. The van der Waals surface area contributed by atoms with Crippen molar-refractivity contribution in [1.29, 1.82) is 0 Å². The van der Waals surface area contributed by atoms with Gasteiger partial charge in [-0.2, -0.15) is 0 Å². The fraction of sp³-hybridized carbons (Fsp3) is 0.818. The van der Waals surface area contributed by atoms with Crippen molar-refractivity contribution in [2.45, 2.75) is 39.2 Å². The standard InChI is InChI=1S/C11H21NO/c1-4-5-6-7-12-9-11(13)8-10(2)3/h1,10-13H,5-9H2,2-3H3. The van der Waals surface area contributed by atoms with Crippen LogP contribution < -0.4 is 5.32 Å². The Morgan fingerprint density at radius 3 is 2.69 bits per heavy atom. The van der Waals surface area contributed by atoms with E-state index in [1.807, 2.05) is 0 Å². The van der Waals surface area contributed by atoms with Gasteiger partial charge in [-0.25, -0.2) is 0 Å². The lowest BCUT2D eigenvalue weighted by atomic mass is 10.1. The lowest BCUT2D eigenvalue weighted by Crippen LogP contribution is -2.28. The van der Waals surface area contributed by atoms with Crippen LogP contribution in [0.4, 0.5) is 0 Å². The highest BCUT2D eigenvalue weighted by molar-refractivity contribution is 4.83. The van der Waals surface area contributed by atoms with Crippen molar-refractivity contribution >= 4 is 0 Å². The van der Waals surface area contributed by atoms with E-state index >= 15 is 0 Å². The highest BCUT2D eigenvalue weighted by atomic mass is 16.3. The van der Waals surface area contributed by atoms with E-state index < -0.39 is 0 Å². The van der Waals surface area contributed by atoms with Crippen molar-refractivity contribution in [3.63, 3.8) is 0 Å². The second-order valence-electron chi connectivity index (χ2n) is 3.80. The molecule has 13 heavy (non-hydrogen) atoms. The molecule has 0 aliphatic rings. The van der Waals surface area contributed by atoms with Crippen LogP contribution in [-0.2, 0) is 0 Å². The van der Waals surface area contributed by atoms with Crippen LogP contribution in [0.2, 0.25) is 0 Å². The molecule has 0 fully saturated rings. The molecule has 0 aromatic rings. The minimum Gasteiger partial charge on any atom is -0.392 e. The Balaban J connectivity index is 3.18. The minimum atomic E-state index is -0.217. The number of terminal acetylenes is 1. The van der Waals surface area contributed by atoms with E-state index in [-0.39, 0.29) is 6.10 Å². The number of nitrogens with one attached hydrogen (secondary N) is 1. The van der Waals surface area contributed by atoms with Gasteiger partial charge in [-0.15, -0.1) is 12.3 Å². The molecule has 0 aromatic heterocycles. The molecule has 0 aromatic carbocycles. The van der Waals surface area contributed by atoms with Crippen LogP contribution in [0.1, 0.15) is 33.1 Å². The van der Waals surface area contributed by atoms with Crippen LogP contribution in [-0.4, -0.2) is 24.3 Å². The summed E-state index contributed by atoms with van der Waals surface area (Å²) in [6, 6.07) is 0. The Bertz CT molecular complexity index is 149. The molecule has 2 N–H and O–H groups in total. The Morgan fingerprint density at radius 1 is 1.46 bits per heavy atom. The second kappa shape index (κ2) is 8.10. The van der Waals surface area contributed by atoms with Crippen LogP contribution in [0.3, 0.4) is 0 Å². The van der Waals surface area contributed by atoms with Gasteiger partial charge in [-0.05, 0) is 25.3 Å². The average molecular weight is 183 g/mol. The van der Waals surface area contributed by atoms with Gasteiger partial charge < -0.3 is 10.4 Å². The van der Waals surface area contributed by atoms with Crippen molar-refractivity contribution in [2.75, 3.05) is 13.1 Å². The second-order valence-corrected chi connectivity index (χ2v) is 3.80. The maximum Gasteiger partial charge on any atom is 0.0667 e. The zero-order chi connectivity index (χ0) is 10.1. The first-order valence-electron chi connectivity index (χ1n) is 4.99. The molecule has 0 aliphatic heterocycles. The quantitative estimate of drug-likeness (QED) is 0.462. The number of aliphatic hydroxyl groups excluding tert-OH is 1.